The Hall–Kier alpha value is -0.673. The highest BCUT2D eigenvalue weighted by Gasteiger charge is 2.65. The molecule has 29 heavy (non-hydrogen) atoms. The quantitative estimate of drug-likeness (QED) is 0.365. The number of urea groups is 1. The molecule has 2 bridgehead atoms. The normalized spacial score (nSPS) is 35.9. The predicted octanol–water partition coefficient (Wildman–Crippen LogP) is 3.41. The summed E-state index contributed by atoms with van der Waals surface area (Å²) in [4.78, 5) is 12.0. The van der Waals surface area contributed by atoms with Crippen LogP contribution in [0.2, 0.25) is 6.04 Å². The molecule has 0 spiro atoms. The van der Waals surface area contributed by atoms with Crippen molar-refractivity contribution in [2.75, 3.05) is 19.6 Å². The van der Waals surface area contributed by atoms with Crippen molar-refractivity contribution in [2.45, 2.75) is 97.0 Å². The van der Waals surface area contributed by atoms with Gasteiger partial charge in [-0.2, -0.15) is 0 Å². The van der Waals surface area contributed by atoms with Crippen molar-refractivity contribution in [1.29, 1.82) is 0 Å². The third-order valence-electron chi connectivity index (χ3n) is 7.03. The Morgan fingerprint density at radius 2 is 1.59 bits per heavy atom. The van der Waals surface area contributed by atoms with Crippen LogP contribution in [0, 0.1) is 11.8 Å². The maximum atomic E-state index is 12.0. The number of hydrogen-bond donors (Lipinski definition) is 3. The Labute approximate surface area is 178 Å². The lowest BCUT2D eigenvalue weighted by Gasteiger charge is -2.62. The van der Waals surface area contributed by atoms with E-state index in [9.17, 15) is 4.79 Å². The summed E-state index contributed by atoms with van der Waals surface area (Å²) in [5.41, 5.74) is 4.94. The Kier molecular flexibility index (Phi) is 8.56. The van der Waals surface area contributed by atoms with Gasteiger partial charge in [0.25, 0.3) is 0 Å². The van der Waals surface area contributed by atoms with Crippen LogP contribution in [-0.2, 0) is 13.3 Å². The van der Waals surface area contributed by atoms with Gasteiger partial charge in [0.2, 0.25) is 0 Å². The number of nitrogens with two attached hydrogens (primary N) is 1. The van der Waals surface area contributed by atoms with E-state index in [1.807, 2.05) is 0 Å². The molecule has 0 aromatic rings. The predicted molar refractivity (Wildman–Crippen MR) is 118 cm³/mol. The average molecular weight is 430 g/mol. The van der Waals surface area contributed by atoms with E-state index < -0.39 is 8.80 Å². The van der Waals surface area contributed by atoms with Gasteiger partial charge in [0, 0.05) is 31.0 Å². The molecule has 170 valence electrons. The Morgan fingerprint density at radius 3 is 2.24 bits per heavy atom. The van der Waals surface area contributed by atoms with Gasteiger partial charge in [-0.05, 0) is 53.5 Å². The number of carbonyl (C=O) groups excluding carboxylic acids is 1. The first kappa shape index (κ1) is 24.6. The molecule has 0 aromatic heterocycles. The molecule has 2 saturated heterocycles. The van der Waals surface area contributed by atoms with Crippen LogP contribution in [0.25, 0.3) is 0 Å². The van der Waals surface area contributed by atoms with Gasteiger partial charge in [0.15, 0.2) is 0 Å². The molecule has 0 aliphatic carbocycles. The van der Waals surface area contributed by atoms with E-state index in [-0.39, 0.29) is 29.3 Å². The molecule has 2 aliphatic heterocycles. The highest BCUT2D eigenvalue weighted by molar-refractivity contribution is 6.61. The molecule has 0 aromatic carbocycles. The molecule has 0 radical (unpaired) electrons. The fraction of sp³-hybridized carbons (Fsp3) is 0.952. The van der Waals surface area contributed by atoms with Crippen molar-refractivity contribution < 1.29 is 18.1 Å². The first-order valence-corrected chi connectivity index (χ1v) is 13.3. The molecule has 1 unspecified atom stereocenters. The SMILES string of the molecule is C[C@@H]1O[Si]2(CCCNC(=O)NCCCCCCN)OC(C)(C)[C@H](C)[C@@](C)(O2)[C@@H]1C. The fourth-order valence-electron chi connectivity index (χ4n) is 4.57. The maximum absolute atomic E-state index is 12.0. The summed E-state index contributed by atoms with van der Waals surface area (Å²) in [5.74, 6) is 0.570. The molecule has 7 nitrogen and oxygen atoms in total. The van der Waals surface area contributed by atoms with Crippen LogP contribution in [0.1, 0.15) is 73.6 Å². The van der Waals surface area contributed by atoms with Crippen molar-refractivity contribution in [3.8, 4) is 0 Å². The lowest BCUT2D eigenvalue weighted by atomic mass is 9.71. The lowest BCUT2D eigenvalue weighted by Crippen LogP contribution is -2.73. The van der Waals surface area contributed by atoms with E-state index in [4.69, 9.17) is 19.0 Å². The maximum Gasteiger partial charge on any atom is 0.502 e. The van der Waals surface area contributed by atoms with Crippen LogP contribution in [0.5, 0.6) is 0 Å². The second-order valence-corrected chi connectivity index (χ2v) is 12.0. The van der Waals surface area contributed by atoms with Crippen molar-refractivity contribution in [3.63, 3.8) is 0 Å². The zero-order chi connectivity index (χ0) is 21.7. The van der Waals surface area contributed by atoms with Crippen LogP contribution >= 0.6 is 0 Å². The molecule has 2 heterocycles. The van der Waals surface area contributed by atoms with Crippen molar-refractivity contribution in [1.82, 2.24) is 10.6 Å². The third-order valence-corrected chi connectivity index (χ3v) is 10.3. The van der Waals surface area contributed by atoms with Gasteiger partial charge >= 0.3 is 14.8 Å². The van der Waals surface area contributed by atoms with Gasteiger partial charge in [-0.3, -0.25) is 0 Å². The minimum atomic E-state index is -2.79. The first-order chi connectivity index (χ1) is 13.6. The standard InChI is InChI=1S/C21H43N3O4Si/c1-16-17(2)26-29(27-20(4,5)18(3)21(16,6)28-29)15-11-14-24-19(25)23-13-10-8-7-9-12-22/h16-18H,7-15,22H2,1-6H3,(H2,23,24,25)/t16-,17+,18+,21+,29?/m1/s1. The summed E-state index contributed by atoms with van der Waals surface area (Å²) in [7, 11) is -2.79. The van der Waals surface area contributed by atoms with Crippen LogP contribution < -0.4 is 16.4 Å². The molecule has 2 fully saturated rings. The minimum Gasteiger partial charge on any atom is -0.370 e. The largest absolute Gasteiger partial charge is 0.502 e. The van der Waals surface area contributed by atoms with Gasteiger partial charge in [-0.25, -0.2) is 4.79 Å². The number of unbranched alkanes of at least 4 members (excludes halogenated alkanes) is 3. The van der Waals surface area contributed by atoms with Gasteiger partial charge in [0.05, 0.1) is 17.3 Å². The summed E-state index contributed by atoms with van der Waals surface area (Å²) in [6.45, 7) is 15.1. The average Bonchev–Trinajstić information content (AvgIpc) is 2.64. The molecule has 2 rings (SSSR count). The van der Waals surface area contributed by atoms with Crippen molar-refractivity contribution >= 4 is 14.8 Å². The molecule has 5 atom stereocenters. The second-order valence-electron chi connectivity index (χ2n) is 9.50. The van der Waals surface area contributed by atoms with E-state index in [0.29, 0.717) is 19.0 Å². The summed E-state index contributed by atoms with van der Waals surface area (Å²) >= 11 is 0. The monoisotopic (exact) mass is 429 g/mol. The molecular formula is C21H43N3O4Si. The smallest absolute Gasteiger partial charge is 0.370 e. The number of rotatable bonds is 10. The van der Waals surface area contributed by atoms with Gasteiger partial charge in [-0.15, -0.1) is 0 Å². The first-order valence-electron chi connectivity index (χ1n) is 11.4. The fourth-order valence-corrected chi connectivity index (χ4v) is 8.42. The number of amides is 2. The minimum absolute atomic E-state index is 0.106. The van der Waals surface area contributed by atoms with Crippen LogP contribution in [0.4, 0.5) is 4.79 Å². The van der Waals surface area contributed by atoms with Crippen LogP contribution in [0.15, 0.2) is 0 Å². The topological polar surface area (TPSA) is 94.8 Å². The molecule has 2 amide bonds. The van der Waals surface area contributed by atoms with E-state index in [1.54, 1.807) is 0 Å². The Bertz CT molecular complexity index is 550. The molecule has 2 aliphatic rings. The lowest BCUT2D eigenvalue weighted by molar-refractivity contribution is -0.242. The van der Waals surface area contributed by atoms with E-state index in [2.05, 4.69) is 52.2 Å². The number of nitrogens with one attached hydrogen (secondary N) is 2. The zero-order valence-corrected chi connectivity index (χ0v) is 20.3. The van der Waals surface area contributed by atoms with Gasteiger partial charge < -0.3 is 29.6 Å². The Morgan fingerprint density at radius 1 is 0.966 bits per heavy atom. The summed E-state index contributed by atoms with van der Waals surface area (Å²) < 4.78 is 19.5. The van der Waals surface area contributed by atoms with Gasteiger partial charge in [0.1, 0.15) is 0 Å². The molecular weight excluding hydrogens is 386 g/mol. The van der Waals surface area contributed by atoms with Gasteiger partial charge in [-0.1, -0.05) is 26.7 Å². The summed E-state index contributed by atoms with van der Waals surface area (Å²) in [6.07, 6.45) is 5.14. The molecule has 0 saturated carbocycles. The number of fused-ring (bicyclic) bond motifs is 2. The second kappa shape index (κ2) is 10.1. The number of carbonyl (C=O) groups is 1. The number of hydrogen-bond acceptors (Lipinski definition) is 5. The Balaban J connectivity index is 1.78. The highest BCUT2D eigenvalue weighted by Crippen LogP contribution is 2.52. The van der Waals surface area contributed by atoms with Crippen LogP contribution in [0.3, 0.4) is 0 Å². The highest BCUT2D eigenvalue weighted by atomic mass is 28.4. The van der Waals surface area contributed by atoms with E-state index in [1.165, 1.54) is 0 Å². The third kappa shape index (κ3) is 5.94. The van der Waals surface area contributed by atoms with E-state index >= 15 is 0 Å². The summed E-state index contributed by atoms with van der Waals surface area (Å²) in [5, 5.41) is 5.85. The zero-order valence-electron chi connectivity index (χ0n) is 19.3. The van der Waals surface area contributed by atoms with Crippen LogP contribution in [-0.4, -0.2) is 51.8 Å². The van der Waals surface area contributed by atoms with Crippen molar-refractivity contribution in [3.05, 3.63) is 0 Å². The van der Waals surface area contributed by atoms with E-state index in [0.717, 1.165) is 44.7 Å². The molecule has 4 N–H and O–H groups in total. The van der Waals surface area contributed by atoms with Crippen molar-refractivity contribution in [2.24, 2.45) is 17.6 Å². The molecule has 8 heteroatoms. The summed E-state index contributed by atoms with van der Waals surface area (Å²) in [6, 6.07) is 0.605.